The highest BCUT2D eigenvalue weighted by molar-refractivity contribution is 7.47. The second-order valence-corrected chi connectivity index (χ2v) is 20.3. The average Bonchev–Trinajstić information content (AvgIpc) is 3.31. The standard InChI is InChI=1S/C51H88O17P2/c1-3-5-7-8-9-10-11-12-13-14-15-16-17-18-23-26-29-32-35-39-45(54)66-43(41-65-70(62,63)68-51-48(57)46(55)47(56)50(49(51)58)67-69(59,60)61)40-64-44(53)38-34-31-28-25-22-20-19-21-24-27-30-33-37-42(52)36-6-4-2/h9-10,12-13,19-20,24-25,27-28,33,37,42-43,46-52,55-58H,3-8,11,14-18,21-23,26,29-32,34-36,38-41H2,1-2H3,(H,62,63)(H2,59,60,61)/b10-9-,13-12-,20-19-,27-24-,28-25-,37-33-/t42-,43+,46?,47?,48?,49?,50+,51-/m0/s1. The van der Waals surface area contributed by atoms with Crippen molar-refractivity contribution in [3.8, 4) is 0 Å². The van der Waals surface area contributed by atoms with Gasteiger partial charge < -0.3 is 49.7 Å². The van der Waals surface area contributed by atoms with Gasteiger partial charge in [0.15, 0.2) is 6.10 Å². The molecule has 0 saturated heterocycles. The molecule has 1 saturated carbocycles. The normalized spacial score (nSPS) is 22.0. The van der Waals surface area contributed by atoms with E-state index in [9.17, 15) is 58.9 Å². The first-order valence-electron chi connectivity index (χ1n) is 25.6. The van der Waals surface area contributed by atoms with Crippen LogP contribution in [0.3, 0.4) is 0 Å². The molecule has 0 aliphatic heterocycles. The first kappa shape index (κ1) is 65.4. The highest BCUT2D eigenvalue weighted by Crippen LogP contribution is 2.49. The molecule has 0 heterocycles. The van der Waals surface area contributed by atoms with Crippen molar-refractivity contribution in [3.05, 3.63) is 72.9 Å². The summed E-state index contributed by atoms with van der Waals surface area (Å²) in [4.78, 5) is 54.4. The SMILES string of the molecule is CCCCC/C=C\C/C=C\CCCCCCCCCCCC(=O)O[C@H](COC(=O)CCC/C=C\C/C=C\C/C=C\C/C=C\[C@@H](O)CCCC)COP(=O)(O)O[C@H]1C(O)C(O)C(O)[C@@H](OP(=O)(O)O)C1O. The molecule has 1 aliphatic carbocycles. The highest BCUT2D eigenvalue weighted by Gasteiger charge is 2.54. The molecule has 70 heavy (non-hydrogen) atoms. The third-order valence-corrected chi connectivity index (χ3v) is 12.8. The van der Waals surface area contributed by atoms with E-state index in [0.717, 1.165) is 83.5 Å². The van der Waals surface area contributed by atoms with Gasteiger partial charge in [0, 0.05) is 12.8 Å². The second-order valence-electron chi connectivity index (χ2n) is 17.7. The fourth-order valence-electron chi connectivity index (χ4n) is 7.30. The van der Waals surface area contributed by atoms with Gasteiger partial charge in [-0.1, -0.05) is 157 Å². The van der Waals surface area contributed by atoms with E-state index in [0.29, 0.717) is 25.7 Å². The fourth-order valence-corrected chi connectivity index (χ4v) is 8.84. The number of rotatable bonds is 42. The summed E-state index contributed by atoms with van der Waals surface area (Å²) in [6.07, 6.45) is 31.8. The van der Waals surface area contributed by atoms with Gasteiger partial charge in [-0.3, -0.25) is 23.2 Å². The average molecular weight is 1040 g/mol. The number of unbranched alkanes of at least 4 members (excludes halogenated alkanes) is 14. The van der Waals surface area contributed by atoms with Gasteiger partial charge in [0.2, 0.25) is 0 Å². The van der Waals surface area contributed by atoms with Crippen molar-refractivity contribution in [1.82, 2.24) is 0 Å². The molecule has 17 nitrogen and oxygen atoms in total. The summed E-state index contributed by atoms with van der Waals surface area (Å²) in [6, 6.07) is 0. The van der Waals surface area contributed by atoms with Gasteiger partial charge in [-0.25, -0.2) is 9.13 Å². The lowest BCUT2D eigenvalue weighted by Crippen LogP contribution is -2.64. The topological polar surface area (TPSA) is 276 Å². The van der Waals surface area contributed by atoms with Crippen molar-refractivity contribution in [1.29, 1.82) is 0 Å². The van der Waals surface area contributed by atoms with Gasteiger partial charge >= 0.3 is 27.6 Å². The van der Waals surface area contributed by atoms with E-state index in [1.807, 2.05) is 42.5 Å². The number of hydrogen-bond acceptors (Lipinski definition) is 14. The van der Waals surface area contributed by atoms with Crippen molar-refractivity contribution in [3.63, 3.8) is 0 Å². The molecule has 8 N–H and O–H groups in total. The molecule has 0 aromatic carbocycles. The molecule has 404 valence electrons. The number of aliphatic hydroxyl groups excluding tert-OH is 5. The molecule has 0 bridgehead atoms. The smallest absolute Gasteiger partial charge is 0.462 e. The predicted molar refractivity (Wildman–Crippen MR) is 270 cm³/mol. The summed E-state index contributed by atoms with van der Waals surface area (Å²) in [5.41, 5.74) is 0. The van der Waals surface area contributed by atoms with Crippen molar-refractivity contribution in [2.24, 2.45) is 0 Å². The Hall–Kier alpha value is -2.60. The Kier molecular flexibility index (Phi) is 38.2. The van der Waals surface area contributed by atoms with E-state index >= 15 is 0 Å². The molecule has 0 aromatic rings. The van der Waals surface area contributed by atoms with Crippen LogP contribution in [-0.2, 0) is 41.8 Å². The van der Waals surface area contributed by atoms with Crippen LogP contribution in [0.15, 0.2) is 72.9 Å². The lowest BCUT2D eigenvalue weighted by Gasteiger charge is -2.43. The van der Waals surface area contributed by atoms with Crippen molar-refractivity contribution >= 4 is 27.6 Å². The summed E-state index contributed by atoms with van der Waals surface area (Å²) in [5, 5.41) is 51.1. The molecule has 0 spiro atoms. The lowest BCUT2D eigenvalue weighted by molar-refractivity contribution is -0.216. The predicted octanol–water partition coefficient (Wildman–Crippen LogP) is 9.37. The monoisotopic (exact) mass is 1030 g/mol. The Labute approximate surface area is 417 Å². The summed E-state index contributed by atoms with van der Waals surface area (Å²) < 4.78 is 49.4. The summed E-state index contributed by atoms with van der Waals surface area (Å²) in [5.74, 6) is -1.30. The molecule has 0 radical (unpaired) electrons. The molecular formula is C51H88O17P2. The Bertz CT molecular complexity index is 1640. The van der Waals surface area contributed by atoms with Crippen molar-refractivity contribution in [2.75, 3.05) is 13.2 Å². The van der Waals surface area contributed by atoms with Crippen LogP contribution in [0, 0.1) is 0 Å². The molecule has 1 fully saturated rings. The van der Waals surface area contributed by atoms with Gasteiger partial charge in [-0.15, -0.1) is 0 Å². The number of aliphatic hydroxyl groups is 5. The summed E-state index contributed by atoms with van der Waals surface area (Å²) in [7, 11) is -10.7. The maximum atomic E-state index is 13.0. The van der Waals surface area contributed by atoms with E-state index in [2.05, 4.69) is 48.8 Å². The number of hydrogen-bond donors (Lipinski definition) is 8. The van der Waals surface area contributed by atoms with E-state index in [-0.39, 0.29) is 12.8 Å². The first-order valence-corrected chi connectivity index (χ1v) is 28.6. The Morgan fingerprint density at radius 2 is 0.971 bits per heavy atom. The van der Waals surface area contributed by atoms with Crippen LogP contribution in [0.25, 0.3) is 0 Å². The van der Waals surface area contributed by atoms with Gasteiger partial charge in [0.05, 0.1) is 12.7 Å². The molecule has 5 unspecified atom stereocenters. The maximum Gasteiger partial charge on any atom is 0.472 e. The van der Waals surface area contributed by atoms with E-state index in [1.54, 1.807) is 0 Å². The largest absolute Gasteiger partial charge is 0.472 e. The number of carbonyl (C=O) groups is 2. The lowest BCUT2D eigenvalue weighted by atomic mass is 9.85. The zero-order valence-electron chi connectivity index (χ0n) is 41.8. The molecule has 1 aliphatic rings. The van der Waals surface area contributed by atoms with Crippen LogP contribution < -0.4 is 0 Å². The Morgan fingerprint density at radius 3 is 1.51 bits per heavy atom. The molecule has 9 atom stereocenters. The number of ether oxygens (including phenoxy) is 2. The van der Waals surface area contributed by atoms with Crippen molar-refractivity contribution < 1.29 is 82.0 Å². The number of phosphoric acid groups is 2. The Balaban J connectivity index is 2.60. The maximum absolute atomic E-state index is 13.0. The van der Waals surface area contributed by atoms with Crippen LogP contribution in [0.1, 0.15) is 174 Å². The van der Waals surface area contributed by atoms with Gasteiger partial charge in [-0.2, -0.15) is 0 Å². The number of phosphoric ester groups is 2. The van der Waals surface area contributed by atoms with E-state index in [4.69, 9.17) is 18.5 Å². The molecular weight excluding hydrogens is 946 g/mol. The minimum Gasteiger partial charge on any atom is -0.462 e. The van der Waals surface area contributed by atoms with Crippen LogP contribution in [0.4, 0.5) is 0 Å². The van der Waals surface area contributed by atoms with Gasteiger partial charge in [0.25, 0.3) is 0 Å². The molecule has 1 rings (SSSR count). The van der Waals surface area contributed by atoms with Crippen LogP contribution in [0.2, 0.25) is 0 Å². The fraction of sp³-hybridized carbons (Fsp3) is 0.725. The first-order chi connectivity index (χ1) is 33.5. The third kappa shape index (κ3) is 34.7. The third-order valence-electron chi connectivity index (χ3n) is 11.3. The minimum absolute atomic E-state index is 0.0162. The quantitative estimate of drug-likeness (QED) is 0.0122. The number of esters is 2. The highest BCUT2D eigenvalue weighted by atomic mass is 31.2. The summed E-state index contributed by atoms with van der Waals surface area (Å²) in [6.45, 7) is 2.89. The second kappa shape index (κ2) is 40.8. The zero-order chi connectivity index (χ0) is 51.9. The van der Waals surface area contributed by atoms with E-state index in [1.165, 1.54) is 38.5 Å². The van der Waals surface area contributed by atoms with Crippen LogP contribution >= 0.6 is 15.6 Å². The van der Waals surface area contributed by atoms with Gasteiger partial charge in [-0.05, 0) is 77.0 Å². The van der Waals surface area contributed by atoms with Crippen LogP contribution in [-0.4, -0.2) is 114 Å². The Morgan fingerprint density at radius 1 is 0.514 bits per heavy atom. The van der Waals surface area contributed by atoms with E-state index < -0.39 is 89.6 Å². The number of allylic oxidation sites excluding steroid dienone is 11. The molecule has 0 aromatic heterocycles. The van der Waals surface area contributed by atoms with Crippen LogP contribution in [0.5, 0.6) is 0 Å². The summed E-state index contributed by atoms with van der Waals surface area (Å²) >= 11 is 0. The molecule has 0 amide bonds. The minimum atomic E-state index is -5.38. The van der Waals surface area contributed by atoms with Gasteiger partial charge in [0.1, 0.15) is 43.2 Å². The zero-order valence-corrected chi connectivity index (χ0v) is 43.6. The molecule has 19 heteroatoms. The van der Waals surface area contributed by atoms with Crippen molar-refractivity contribution in [2.45, 2.75) is 223 Å². The number of carbonyl (C=O) groups excluding carboxylic acids is 2.